The standard InChI is InChI=1S/C16H18N4O/c1-11(2)17-10-15-19-20-16(21-15)18-14-9-5-7-12-6-3-4-8-13(12)14/h3-9,11,17H,10H2,1-2H3,(H,18,20). The van der Waals surface area contributed by atoms with Crippen LogP contribution in [-0.4, -0.2) is 16.2 Å². The van der Waals surface area contributed by atoms with Gasteiger partial charge in [0.2, 0.25) is 5.89 Å². The van der Waals surface area contributed by atoms with E-state index in [0.29, 0.717) is 24.5 Å². The molecular weight excluding hydrogens is 264 g/mol. The van der Waals surface area contributed by atoms with Gasteiger partial charge in [0.25, 0.3) is 0 Å². The van der Waals surface area contributed by atoms with Crippen molar-refractivity contribution in [1.29, 1.82) is 0 Å². The summed E-state index contributed by atoms with van der Waals surface area (Å²) in [6.45, 7) is 4.72. The Hall–Kier alpha value is -2.40. The molecule has 3 aromatic rings. The summed E-state index contributed by atoms with van der Waals surface area (Å²) >= 11 is 0. The van der Waals surface area contributed by atoms with Gasteiger partial charge in [-0.3, -0.25) is 0 Å². The third kappa shape index (κ3) is 3.20. The molecule has 0 fully saturated rings. The smallest absolute Gasteiger partial charge is 0.320 e. The van der Waals surface area contributed by atoms with Crippen molar-refractivity contribution in [2.45, 2.75) is 26.4 Å². The van der Waals surface area contributed by atoms with Crippen LogP contribution in [0, 0.1) is 0 Å². The number of nitrogens with zero attached hydrogens (tertiary/aromatic N) is 2. The number of nitrogens with one attached hydrogen (secondary N) is 2. The summed E-state index contributed by atoms with van der Waals surface area (Å²) in [5.41, 5.74) is 0.958. The van der Waals surface area contributed by atoms with Gasteiger partial charge in [-0.2, -0.15) is 0 Å². The molecule has 2 N–H and O–H groups in total. The Bertz CT molecular complexity index is 730. The molecule has 21 heavy (non-hydrogen) atoms. The van der Waals surface area contributed by atoms with E-state index in [1.54, 1.807) is 0 Å². The highest BCUT2D eigenvalue weighted by Gasteiger charge is 2.08. The predicted molar refractivity (Wildman–Crippen MR) is 83.5 cm³/mol. The van der Waals surface area contributed by atoms with Crippen LogP contribution in [0.1, 0.15) is 19.7 Å². The van der Waals surface area contributed by atoms with Gasteiger partial charge in [-0.15, -0.1) is 5.10 Å². The van der Waals surface area contributed by atoms with Crippen molar-refractivity contribution >= 4 is 22.5 Å². The van der Waals surface area contributed by atoms with Gasteiger partial charge in [0.1, 0.15) is 0 Å². The molecule has 1 heterocycles. The summed E-state index contributed by atoms with van der Waals surface area (Å²) in [7, 11) is 0. The second-order valence-corrected chi connectivity index (χ2v) is 5.19. The van der Waals surface area contributed by atoms with Crippen molar-refractivity contribution in [1.82, 2.24) is 15.5 Å². The molecule has 1 aromatic heterocycles. The maximum absolute atomic E-state index is 5.59. The first-order chi connectivity index (χ1) is 10.2. The largest absolute Gasteiger partial charge is 0.406 e. The number of hydrogen-bond acceptors (Lipinski definition) is 5. The highest BCUT2D eigenvalue weighted by molar-refractivity contribution is 5.94. The number of hydrogen-bond donors (Lipinski definition) is 2. The molecule has 0 radical (unpaired) electrons. The van der Waals surface area contributed by atoms with Gasteiger partial charge in [0, 0.05) is 11.4 Å². The first-order valence-electron chi connectivity index (χ1n) is 7.03. The summed E-state index contributed by atoms with van der Waals surface area (Å²) in [6.07, 6.45) is 0. The fourth-order valence-electron chi connectivity index (χ4n) is 2.12. The van der Waals surface area contributed by atoms with E-state index in [2.05, 4.69) is 52.9 Å². The zero-order chi connectivity index (χ0) is 14.7. The minimum absolute atomic E-state index is 0.381. The second kappa shape index (κ2) is 5.93. The Balaban J connectivity index is 1.79. The van der Waals surface area contributed by atoms with Crippen molar-refractivity contribution < 1.29 is 4.42 Å². The molecule has 0 aliphatic rings. The molecule has 5 heteroatoms. The van der Waals surface area contributed by atoms with Crippen molar-refractivity contribution in [3.63, 3.8) is 0 Å². The van der Waals surface area contributed by atoms with Crippen molar-refractivity contribution in [2.75, 3.05) is 5.32 Å². The molecule has 0 spiro atoms. The molecule has 0 aliphatic carbocycles. The van der Waals surface area contributed by atoms with Gasteiger partial charge >= 0.3 is 6.01 Å². The average Bonchev–Trinajstić information content (AvgIpc) is 2.93. The van der Waals surface area contributed by atoms with Gasteiger partial charge in [0.05, 0.1) is 12.2 Å². The topological polar surface area (TPSA) is 63.0 Å². The van der Waals surface area contributed by atoms with Crippen LogP contribution < -0.4 is 10.6 Å². The predicted octanol–water partition coefficient (Wildman–Crippen LogP) is 3.46. The van der Waals surface area contributed by atoms with Crippen LogP contribution >= 0.6 is 0 Å². The molecule has 0 saturated heterocycles. The first-order valence-corrected chi connectivity index (χ1v) is 7.03. The number of rotatable bonds is 5. The maximum Gasteiger partial charge on any atom is 0.320 e. The van der Waals surface area contributed by atoms with Crippen LogP contribution in [-0.2, 0) is 6.54 Å². The van der Waals surface area contributed by atoms with Crippen LogP contribution in [0.25, 0.3) is 10.8 Å². The molecule has 0 saturated carbocycles. The Kier molecular flexibility index (Phi) is 3.83. The van der Waals surface area contributed by atoms with E-state index in [0.717, 1.165) is 11.1 Å². The third-order valence-electron chi connectivity index (χ3n) is 3.16. The molecular formula is C16H18N4O. The zero-order valence-corrected chi connectivity index (χ0v) is 12.1. The highest BCUT2D eigenvalue weighted by atomic mass is 16.4. The van der Waals surface area contributed by atoms with E-state index in [1.165, 1.54) is 5.39 Å². The van der Waals surface area contributed by atoms with Crippen LogP contribution in [0.2, 0.25) is 0 Å². The Morgan fingerprint density at radius 2 is 1.86 bits per heavy atom. The van der Waals surface area contributed by atoms with Crippen LogP contribution in [0.4, 0.5) is 11.7 Å². The molecule has 0 amide bonds. The van der Waals surface area contributed by atoms with Crippen LogP contribution in [0.3, 0.4) is 0 Å². The fraction of sp³-hybridized carbons (Fsp3) is 0.250. The van der Waals surface area contributed by atoms with Crippen LogP contribution in [0.5, 0.6) is 0 Å². The summed E-state index contributed by atoms with van der Waals surface area (Å²) in [6, 6.07) is 15.0. The van der Waals surface area contributed by atoms with Gasteiger partial charge in [-0.1, -0.05) is 55.3 Å². The molecule has 108 valence electrons. The number of anilines is 2. The van der Waals surface area contributed by atoms with E-state index in [4.69, 9.17) is 4.42 Å². The normalized spacial score (nSPS) is 11.2. The summed E-state index contributed by atoms with van der Waals surface area (Å²) in [4.78, 5) is 0. The lowest BCUT2D eigenvalue weighted by Crippen LogP contribution is -2.21. The van der Waals surface area contributed by atoms with E-state index in [1.807, 2.05) is 24.3 Å². The minimum atomic E-state index is 0.381. The lowest BCUT2D eigenvalue weighted by molar-refractivity contribution is 0.460. The van der Waals surface area contributed by atoms with Crippen LogP contribution in [0.15, 0.2) is 46.9 Å². The lowest BCUT2D eigenvalue weighted by Gasteiger charge is -2.06. The fourth-order valence-corrected chi connectivity index (χ4v) is 2.12. The lowest BCUT2D eigenvalue weighted by atomic mass is 10.1. The first kappa shape index (κ1) is 13.6. The van der Waals surface area contributed by atoms with Gasteiger partial charge in [-0.25, -0.2) is 0 Å². The number of aromatic nitrogens is 2. The maximum atomic E-state index is 5.59. The van der Waals surface area contributed by atoms with Crippen molar-refractivity contribution in [3.05, 3.63) is 48.4 Å². The van der Waals surface area contributed by atoms with E-state index < -0.39 is 0 Å². The second-order valence-electron chi connectivity index (χ2n) is 5.19. The Labute approximate surface area is 123 Å². The average molecular weight is 282 g/mol. The number of fused-ring (bicyclic) bond motifs is 1. The van der Waals surface area contributed by atoms with E-state index in [-0.39, 0.29) is 0 Å². The van der Waals surface area contributed by atoms with Gasteiger partial charge in [0.15, 0.2) is 0 Å². The zero-order valence-electron chi connectivity index (χ0n) is 12.1. The Morgan fingerprint density at radius 1 is 1.05 bits per heavy atom. The highest BCUT2D eigenvalue weighted by Crippen LogP contribution is 2.25. The molecule has 0 atom stereocenters. The summed E-state index contributed by atoms with van der Waals surface area (Å²) < 4.78 is 5.59. The minimum Gasteiger partial charge on any atom is -0.406 e. The molecule has 5 nitrogen and oxygen atoms in total. The summed E-state index contributed by atoms with van der Waals surface area (Å²) in [5, 5.41) is 16.8. The quantitative estimate of drug-likeness (QED) is 0.750. The SMILES string of the molecule is CC(C)NCc1nnc(Nc2cccc3ccccc23)o1. The van der Waals surface area contributed by atoms with Crippen molar-refractivity contribution in [2.24, 2.45) is 0 Å². The number of benzene rings is 2. The molecule has 2 aromatic carbocycles. The monoisotopic (exact) mass is 282 g/mol. The van der Waals surface area contributed by atoms with Gasteiger partial charge < -0.3 is 15.1 Å². The van der Waals surface area contributed by atoms with E-state index >= 15 is 0 Å². The molecule has 0 bridgehead atoms. The van der Waals surface area contributed by atoms with E-state index in [9.17, 15) is 0 Å². The Morgan fingerprint density at radius 3 is 2.71 bits per heavy atom. The third-order valence-corrected chi connectivity index (χ3v) is 3.16. The molecule has 0 unspecified atom stereocenters. The molecule has 0 aliphatic heterocycles. The summed E-state index contributed by atoms with van der Waals surface area (Å²) in [5.74, 6) is 0.575. The van der Waals surface area contributed by atoms with Crippen molar-refractivity contribution in [3.8, 4) is 0 Å². The molecule has 3 rings (SSSR count). The van der Waals surface area contributed by atoms with Gasteiger partial charge in [-0.05, 0) is 11.5 Å².